The van der Waals surface area contributed by atoms with E-state index in [9.17, 15) is 10.1 Å². The molecule has 0 saturated heterocycles. The molecule has 0 aliphatic carbocycles. The third-order valence-electron chi connectivity index (χ3n) is 3.72. The van der Waals surface area contributed by atoms with Gasteiger partial charge in [-0.3, -0.25) is 4.79 Å². The number of nitrogens with zero attached hydrogens (tertiary/aromatic N) is 4. The minimum Gasteiger partial charge on any atom is -0.271 e. The van der Waals surface area contributed by atoms with Crippen LogP contribution < -0.4 is 5.01 Å². The molecule has 0 unspecified atom stereocenters. The zero-order valence-corrected chi connectivity index (χ0v) is 14.5. The molecule has 2 aromatic rings. The lowest BCUT2D eigenvalue weighted by atomic mass is 10.1. The lowest BCUT2D eigenvalue weighted by Crippen LogP contribution is -2.29. The van der Waals surface area contributed by atoms with Crippen molar-refractivity contribution < 1.29 is 4.79 Å². The second kappa shape index (κ2) is 6.46. The molecule has 6 heteroatoms. The number of hydrogen-bond donors (Lipinski definition) is 0. The fourth-order valence-electron chi connectivity index (χ4n) is 2.57. The number of rotatable bonds is 3. The summed E-state index contributed by atoms with van der Waals surface area (Å²) in [6.45, 7) is 5.59. The topological polar surface area (TPSA) is 69.3 Å². The van der Waals surface area contributed by atoms with Gasteiger partial charge in [0.15, 0.2) is 0 Å². The van der Waals surface area contributed by atoms with Crippen molar-refractivity contribution in [3.05, 3.63) is 53.2 Å². The van der Waals surface area contributed by atoms with Crippen molar-refractivity contribution in [2.24, 2.45) is 5.10 Å². The van der Waals surface area contributed by atoms with Gasteiger partial charge in [-0.25, -0.2) is 4.98 Å². The molecule has 2 heterocycles. The first-order valence-electron chi connectivity index (χ1n) is 7.50. The van der Waals surface area contributed by atoms with Gasteiger partial charge in [-0.2, -0.15) is 15.4 Å². The Kier molecular flexibility index (Phi) is 4.36. The standard InChI is InChI=1S/C18H16N4OS/c1-11-9-12(2)20-17(15(11)10-19)24-16-13(3)21-22(18(16)23)14-7-5-4-6-8-14/h4-9,16H,1-3H3/t16-/m0/s1. The van der Waals surface area contributed by atoms with Crippen molar-refractivity contribution >= 4 is 29.1 Å². The zero-order chi connectivity index (χ0) is 17.3. The highest BCUT2D eigenvalue weighted by molar-refractivity contribution is 8.01. The molecule has 0 bridgehead atoms. The first-order chi connectivity index (χ1) is 11.5. The van der Waals surface area contributed by atoms with E-state index in [1.807, 2.05) is 57.2 Å². The Labute approximate surface area is 145 Å². The average Bonchev–Trinajstić information content (AvgIpc) is 2.83. The van der Waals surface area contributed by atoms with Crippen LogP contribution in [0.1, 0.15) is 23.7 Å². The summed E-state index contributed by atoms with van der Waals surface area (Å²) in [7, 11) is 0. The van der Waals surface area contributed by atoms with Gasteiger partial charge in [0.05, 0.1) is 17.0 Å². The summed E-state index contributed by atoms with van der Waals surface area (Å²) in [6, 6.07) is 13.4. The number of carbonyl (C=O) groups excluding carboxylic acids is 1. The number of thioether (sulfide) groups is 1. The van der Waals surface area contributed by atoms with Gasteiger partial charge in [-0.15, -0.1) is 0 Å². The third-order valence-corrected chi connectivity index (χ3v) is 5.02. The van der Waals surface area contributed by atoms with Gasteiger partial charge in [-0.05, 0) is 44.5 Å². The molecule has 1 atom stereocenters. The van der Waals surface area contributed by atoms with Crippen LogP contribution in [0.2, 0.25) is 0 Å². The number of carbonyl (C=O) groups is 1. The molecule has 24 heavy (non-hydrogen) atoms. The Hall–Kier alpha value is -2.65. The maximum Gasteiger partial charge on any atom is 0.266 e. The molecule has 1 amide bonds. The Bertz CT molecular complexity index is 871. The van der Waals surface area contributed by atoms with Crippen LogP contribution in [0.5, 0.6) is 0 Å². The lowest BCUT2D eigenvalue weighted by molar-refractivity contribution is -0.116. The zero-order valence-electron chi connectivity index (χ0n) is 13.6. The minimum absolute atomic E-state index is 0.117. The van der Waals surface area contributed by atoms with Crippen molar-refractivity contribution in [2.45, 2.75) is 31.0 Å². The number of amides is 1. The number of pyridine rings is 1. The van der Waals surface area contributed by atoms with E-state index in [0.29, 0.717) is 16.3 Å². The number of nitriles is 1. The smallest absolute Gasteiger partial charge is 0.266 e. The summed E-state index contributed by atoms with van der Waals surface area (Å²) in [5.41, 5.74) is 3.66. The van der Waals surface area contributed by atoms with Gasteiger partial charge < -0.3 is 0 Å². The third kappa shape index (κ3) is 2.91. The monoisotopic (exact) mass is 336 g/mol. The maximum absolute atomic E-state index is 12.8. The summed E-state index contributed by atoms with van der Waals surface area (Å²) < 4.78 is 0. The molecule has 0 spiro atoms. The molecule has 0 N–H and O–H groups in total. The number of anilines is 1. The summed E-state index contributed by atoms with van der Waals surface area (Å²) in [5.74, 6) is -0.117. The molecule has 5 nitrogen and oxygen atoms in total. The van der Waals surface area contributed by atoms with Crippen LogP contribution in [0.25, 0.3) is 0 Å². The van der Waals surface area contributed by atoms with Crippen molar-refractivity contribution in [3.8, 4) is 6.07 Å². The second-order valence-corrected chi connectivity index (χ2v) is 6.69. The normalized spacial score (nSPS) is 16.9. The van der Waals surface area contributed by atoms with Gasteiger partial charge in [0.1, 0.15) is 16.3 Å². The van der Waals surface area contributed by atoms with E-state index in [4.69, 9.17) is 0 Å². The summed E-state index contributed by atoms with van der Waals surface area (Å²) in [4.78, 5) is 17.2. The molecule has 0 saturated carbocycles. The highest BCUT2D eigenvalue weighted by Crippen LogP contribution is 2.33. The number of hydrazone groups is 1. The van der Waals surface area contributed by atoms with Crippen LogP contribution in [-0.2, 0) is 4.79 Å². The molecule has 120 valence electrons. The van der Waals surface area contributed by atoms with Crippen LogP contribution in [0.4, 0.5) is 5.69 Å². The number of para-hydroxylation sites is 1. The lowest BCUT2D eigenvalue weighted by Gasteiger charge is -2.14. The van der Waals surface area contributed by atoms with Crippen molar-refractivity contribution in [1.82, 2.24) is 4.98 Å². The van der Waals surface area contributed by atoms with Gasteiger partial charge in [0.25, 0.3) is 5.91 Å². The fraction of sp³-hybridized carbons (Fsp3) is 0.222. The molecule has 3 rings (SSSR count). The number of aromatic nitrogens is 1. The molecule has 0 radical (unpaired) electrons. The second-order valence-electron chi connectivity index (χ2n) is 5.60. The van der Waals surface area contributed by atoms with Gasteiger partial charge >= 0.3 is 0 Å². The van der Waals surface area contributed by atoms with Crippen LogP contribution in [0, 0.1) is 25.2 Å². The van der Waals surface area contributed by atoms with Gasteiger partial charge in [0, 0.05) is 5.69 Å². The van der Waals surface area contributed by atoms with E-state index in [1.165, 1.54) is 16.8 Å². The van der Waals surface area contributed by atoms with Crippen molar-refractivity contribution in [3.63, 3.8) is 0 Å². The quantitative estimate of drug-likeness (QED) is 0.861. The molecule has 1 aliphatic rings. The SMILES string of the molecule is CC1=NN(c2ccccc2)C(=O)[C@H]1Sc1nc(C)cc(C)c1C#N. The highest BCUT2D eigenvalue weighted by Gasteiger charge is 2.36. The Morgan fingerprint density at radius 3 is 2.58 bits per heavy atom. The highest BCUT2D eigenvalue weighted by atomic mass is 32.2. The van der Waals surface area contributed by atoms with Crippen LogP contribution in [-0.4, -0.2) is 21.9 Å². The molecule has 1 aromatic heterocycles. The van der Waals surface area contributed by atoms with Gasteiger partial charge in [-0.1, -0.05) is 30.0 Å². The predicted octanol–water partition coefficient (Wildman–Crippen LogP) is 3.45. The van der Waals surface area contributed by atoms with E-state index >= 15 is 0 Å². The fourth-order valence-corrected chi connectivity index (χ4v) is 3.74. The maximum atomic E-state index is 12.8. The van der Waals surface area contributed by atoms with Crippen molar-refractivity contribution in [2.75, 3.05) is 5.01 Å². The Morgan fingerprint density at radius 2 is 1.92 bits per heavy atom. The van der Waals surface area contributed by atoms with E-state index < -0.39 is 5.25 Å². The molecule has 1 aromatic carbocycles. The summed E-state index contributed by atoms with van der Waals surface area (Å²) in [5, 5.41) is 15.3. The van der Waals surface area contributed by atoms with E-state index in [1.54, 1.807) is 0 Å². The summed E-state index contributed by atoms with van der Waals surface area (Å²) in [6.07, 6.45) is 0. The average molecular weight is 336 g/mol. The van der Waals surface area contributed by atoms with Gasteiger partial charge in [0.2, 0.25) is 0 Å². The van der Waals surface area contributed by atoms with Crippen molar-refractivity contribution in [1.29, 1.82) is 5.26 Å². The van der Waals surface area contributed by atoms with Crippen LogP contribution in [0.15, 0.2) is 46.5 Å². The molecular weight excluding hydrogens is 320 g/mol. The largest absolute Gasteiger partial charge is 0.271 e. The van der Waals surface area contributed by atoms with E-state index in [0.717, 1.165) is 16.9 Å². The molecule has 0 fully saturated rings. The first kappa shape index (κ1) is 16.2. The number of benzene rings is 1. The minimum atomic E-state index is -0.467. The Morgan fingerprint density at radius 1 is 1.21 bits per heavy atom. The number of hydrogen-bond acceptors (Lipinski definition) is 5. The predicted molar refractivity (Wildman–Crippen MR) is 95.1 cm³/mol. The molecular formula is C18H16N4OS. The Balaban J connectivity index is 1.92. The van der Waals surface area contributed by atoms with Crippen LogP contribution >= 0.6 is 11.8 Å². The summed E-state index contributed by atoms with van der Waals surface area (Å²) >= 11 is 1.29. The van der Waals surface area contributed by atoms with E-state index in [2.05, 4.69) is 16.2 Å². The van der Waals surface area contributed by atoms with Crippen LogP contribution in [0.3, 0.4) is 0 Å². The first-order valence-corrected chi connectivity index (χ1v) is 8.38. The number of aryl methyl sites for hydroxylation is 2. The van der Waals surface area contributed by atoms with E-state index in [-0.39, 0.29) is 5.91 Å². The molecule has 1 aliphatic heterocycles.